The molecule has 0 bridgehead atoms. The van der Waals surface area contributed by atoms with E-state index in [1.165, 1.54) is 29.6 Å². The Balaban J connectivity index is 2.03. The maximum Gasteiger partial charge on any atom is 0.284 e. The monoisotopic (exact) mass is 460 g/mol. The third-order valence-corrected chi connectivity index (χ3v) is 6.12. The van der Waals surface area contributed by atoms with Crippen molar-refractivity contribution in [2.45, 2.75) is 10.8 Å². The van der Waals surface area contributed by atoms with Crippen molar-refractivity contribution < 1.29 is 18.3 Å². The molecule has 0 aliphatic rings. The highest BCUT2D eigenvalue weighted by Gasteiger charge is 2.20. The Hall–Kier alpha value is -3.17. The third kappa shape index (κ3) is 5.12. The molecule has 3 aromatic rings. The van der Waals surface area contributed by atoms with Crippen molar-refractivity contribution in [1.29, 1.82) is 0 Å². The van der Waals surface area contributed by atoms with E-state index in [2.05, 4.69) is 14.7 Å². The van der Waals surface area contributed by atoms with Crippen LogP contribution in [0.3, 0.4) is 0 Å². The number of anilines is 1. The molecule has 31 heavy (non-hydrogen) atoms. The zero-order valence-electron chi connectivity index (χ0n) is 16.9. The van der Waals surface area contributed by atoms with Gasteiger partial charge in [0.2, 0.25) is 5.88 Å². The smallest absolute Gasteiger partial charge is 0.284 e. The molecule has 0 saturated carbocycles. The first-order valence-electron chi connectivity index (χ1n) is 9.25. The van der Waals surface area contributed by atoms with Crippen LogP contribution in [0, 0.1) is 0 Å². The van der Waals surface area contributed by atoms with Gasteiger partial charge < -0.3 is 20.1 Å². The van der Waals surface area contributed by atoms with Gasteiger partial charge in [-0.2, -0.15) is 8.42 Å². The van der Waals surface area contributed by atoms with Gasteiger partial charge in [0, 0.05) is 48.3 Å². The molecule has 0 aliphatic carbocycles. The molecule has 1 heterocycles. The molecule has 1 atom stereocenters. The number of aldehydes is 1. The number of hydrogen-bond acceptors (Lipinski definition) is 6. The van der Waals surface area contributed by atoms with Gasteiger partial charge in [0.05, 0.1) is 10.8 Å². The van der Waals surface area contributed by atoms with Gasteiger partial charge in [-0.25, -0.2) is 4.98 Å². The molecule has 0 amide bonds. The number of fused-ring (bicyclic) bond motifs is 1. The maximum atomic E-state index is 12.8. The molecule has 2 N–H and O–H groups in total. The van der Waals surface area contributed by atoms with Crippen molar-refractivity contribution in [1.82, 2.24) is 9.88 Å². The van der Waals surface area contributed by atoms with Gasteiger partial charge in [0.15, 0.2) is 0 Å². The highest BCUT2D eigenvalue weighted by Crippen LogP contribution is 2.33. The summed E-state index contributed by atoms with van der Waals surface area (Å²) >= 11 is 6.20. The quantitative estimate of drug-likeness (QED) is 0.301. The lowest BCUT2D eigenvalue weighted by Crippen LogP contribution is -2.15. The predicted molar refractivity (Wildman–Crippen MR) is 122 cm³/mol. The van der Waals surface area contributed by atoms with Gasteiger partial charge in [-0.3, -0.25) is 0 Å². The minimum absolute atomic E-state index is 0.0938. The molecule has 0 aliphatic heterocycles. The molecule has 2 aromatic carbocycles. The van der Waals surface area contributed by atoms with E-state index >= 15 is 0 Å². The largest absolute Gasteiger partial charge is 0.493 e. The van der Waals surface area contributed by atoms with E-state index in [0.717, 1.165) is 6.29 Å². The van der Waals surface area contributed by atoms with E-state index < -0.39 is 15.9 Å². The standard InChI is InChI=1S/C21H21ClN4O4S/c1-26(2)13-25-31(29,30)20-10-15(9-18-17(20)7-8-23-21(18)28)24-11-14(12-27)16-5-3-4-6-19(16)22/h3-10,12-14,24H,11H2,1-2H3,(H,23,28)/b25-13+. The number of carbonyl (C=O) groups excluding carboxylic acids is 1. The summed E-state index contributed by atoms with van der Waals surface area (Å²) in [6.45, 7) is 0.167. The van der Waals surface area contributed by atoms with Gasteiger partial charge in [0.25, 0.3) is 10.0 Å². The van der Waals surface area contributed by atoms with E-state index in [1.807, 2.05) is 0 Å². The summed E-state index contributed by atoms with van der Waals surface area (Å²) in [5.41, 5.74) is 1.04. The lowest BCUT2D eigenvalue weighted by Gasteiger charge is -2.16. The Morgan fingerprint density at radius 2 is 1.97 bits per heavy atom. The summed E-state index contributed by atoms with van der Waals surface area (Å²) < 4.78 is 29.4. The lowest BCUT2D eigenvalue weighted by molar-refractivity contribution is -0.108. The van der Waals surface area contributed by atoms with E-state index in [0.29, 0.717) is 16.3 Å². The van der Waals surface area contributed by atoms with Gasteiger partial charge >= 0.3 is 0 Å². The molecule has 162 valence electrons. The Morgan fingerprint density at radius 3 is 2.65 bits per heavy atom. The summed E-state index contributed by atoms with van der Waals surface area (Å²) in [4.78, 5) is 16.9. The van der Waals surface area contributed by atoms with Gasteiger partial charge in [-0.1, -0.05) is 29.8 Å². The summed E-state index contributed by atoms with van der Waals surface area (Å²) in [6, 6.07) is 11.5. The van der Waals surface area contributed by atoms with Crippen LogP contribution in [0.1, 0.15) is 11.5 Å². The van der Waals surface area contributed by atoms with Gasteiger partial charge in [0.1, 0.15) is 12.6 Å². The molecule has 0 radical (unpaired) electrons. The number of halogens is 1. The second-order valence-electron chi connectivity index (χ2n) is 7.01. The van der Waals surface area contributed by atoms with Crippen LogP contribution in [0.25, 0.3) is 10.8 Å². The number of aromatic nitrogens is 1. The number of rotatable bonds is 8. The maximum absolute atomic E-state index is 12.8. The predicted octanol–water partition coefficient (Wildman–Crippen LogP) is 3.27. The molecule has 0 fully saturated rings. The number of carbonyl (C=O) groups is 1. The van der Waals surface area contributed by atoms with E-state index in [-0.39, 0.29) is 28.1 Å². The van der Waals surface area contributed by atoms with E-state index in [9.17, 15) is 18.3 Å². The molecule has 0 saturated heterocycles. The van der Waals surface area contributed by atoms with E-state index in [4.69, 9.17) is 11.6 Å². The van der Waals surface area contributed by atoms with Crippen molar-refractivity contribution in [3.63, 3.8) is 0 Å². The van der Waals surface area contributed by atoms with Crippen molar-refractivity contribution in [2.24, 2.45) is 4.40 Å². The summed E-state index contributed by atoms with van der Waals surface area (Å²) in [6.07, 6.45) is 3.27. The zero-order valence-corrected chi connectivity index (χ0v) is 18.4. The van der Waals surface area contributed by atoms with Crippen LogP contribution in [0.4, 0.5) is 5.69 Å². The van der Waals surface area contributed by atoms with Crippen LogP contribution in [0.15, 0.2) is 58.0 Å². The number of pyridine rings is 1. The average Bonchev–Trinajstić information content (AvgIpc) is 2.74. The Kier molecular flexibility index (Phi) is 6.77. The minimum Gasteiger partial charge on any atom is -0.493 e. The zero-order chi connectivity index (χ0) is 22.6. The molecule has 0 spiro atoms. The van der Waals surface area contributed by atoms with Crippen molar-refractivity contribution in [3.8, 4) is 5.88 Å². The van der Waals surface area contributed by atoms with Gasteiger partial charge in [-0.05, 0) is 29.8 Å². The number of hydrogen-bond donors (Lipinski definition) is 2. The number of aromatic hydroxyl groups is 1. The molecule has 1 aromatic heterocycles. The number of sulfonamides is 1. The van der Waals surface area contributed by atoms with Crippen molar-refractivity contribution >= 4 is 50.7 Å². The molecular formula is C21H21ClN4O4S. The number of benzene rings is 2. The highest BCUT2D eigenvalue weighted by molar-refractivity contribution is 7.90. The molecular weight excluding hydrogens is 440 g/mol. The second-order valence-corrected chi connectivity index (χ2v) is 9.02. The van der Waals surface area contributed by atoms with Crippen LogP contribution >= 0.6 is 11.6 Å². The topological polar surface area (TPSA) is 112 Å². The lowest BCUT2D eigenvalue weighted by atomic mass is 10.0. The van der Waals surface area contributed by atoms with Crippen molar-refractivity contribution in [3.05, 3.63) is 59.2 Å². The molecule has 8 nitrogen and oxygen atoms in total. The first-order chi connectivity index (χ1) is 14.7. The van der Waals surface area contributed by atoms with Crippen LogP contribution in [-0.4, -0.2) is 56.7 Å². The minimum atomic E-state index is -4.07. The van der Waals surface area contributed by atoms with Crippen LogP contribution in [0.2, 0.25) is 5.02 Å². The summed E-state index contributed by atoms with van der Waals surface area (Å²) in [5, 5.41) is 14.2. The van der Waals surface area contributed by atoms with Crippen LogP contribution in [-0.2, 0) is 14.8 Å². The molecule has 10 heteroatoms. The first-order valence-corrected chi connectivity index (χ1v) is 11.1. The number of nitrogens with zero attached hydrogens (tertiary/aromatic N) is 3. The fraction of sp³-hybridized carbons (Fsp3) is 0.190. The fourth-order valence-electron chi connectivity index (χ4n) is 3.00. The average molecular weight is 461 g/mol. The highest BCUT2D eigenvalue weighted by atomic mass is 35.5. The fourth-order valence-corrected chi connectivity index (χ4v) is 4.43. The molecule has 3 rings (SSSR count). The number of nitrogens with one attached hydrogen (secondary N) is 1. The van der Waals surface area contributed by atoms with Crippen molar-refractivity contribution in [2.75, 3.05) is 26.0 Å². The SMILES string of the molecule is CN(C)/C=N/S(=O)(=O)c1cc(NCC(C=O)c2ccccc2Cl)cc2c(O)nccc12. The molecule has 1 unspecified atom stereocenters. The second kappa shape index (κ2) is 9.32. The van der Waals surface area contributed by atoms with Gasteiger partial charge in [-0.15, -0.1) is 4.40 Å². The summed E-state index contributed by atoms with van der Waals surface area (Å²) in [7, 11) is -0.762. The van der Waals surface area contributed by atoms with E-state index in [1.54, 1.807) is 44.4 Å². The Bertz CT molecular complexity index is 1250. The van der Waals surface area contributed by atoms with Crippen LogP contribution < -0.4 is 5.32 Å². The Labute approximate surface area is 185 Å². The Morgan fingerprint density at radius 1 is 1.23 bits per heavy atom. The van der Waals surface area contributed by atoms with Crippen LogP contribution in [0.5, 0.6) is 5.88 Å². The third-order valence-electron chi connectivity index (χ3n) is 4.51. The normalized spacial score (nSPS) is 12.7. The first kappa shape index (κ1) is 22.5. The summed E-state index contributed by atoms with van der Waals surface area (Å²) in [5.74, 6) is -0.869.